The van der Waals surface area contributed by atoms with Gasteiger partial charge in [0, 0.05) is 18.0 Å². The molecule has 8 heteroatoms. The Hall–Kier alpha value is -2.09. The molecule has 2 aromatic rings. The molecule has 0 aromatic carbocycles. The molecule has 0 spiro atoms. The minimum atomic E-state index is -0.982. The van der Waals surface area contributed by atoms with Crippen LogP contribution in [0.1, 0.15) is 35.9 Å². The van der Waals surface area contributed by atoms with Crippen LogP contribution in [0.2, 0.25) is 0 Å². The summed E-state index contributed by atoms with van der Waals surface area (Å²) in [7, 11) is 0. The van der Waals surface area contributed by atoms with Crippen LogP contribution in [0.4, 0.5) is 5.95 Å². The molecule has 0 saturated heterocycles. The molecule has 0 aliphatic rings. The van der Waals surface area contributed by atoms with Crippen molar-refractivity contribution in [1.29, 1.82) is 0 Å². The van der Waals surface area contributed by atoms with Crippen LogP contribution in [0.15, 0.2) is 23.5 Å². The zero-order valence-electron chi connectivity index (χ0n) is 11.1. The highest BCUT2D eigenvalue weighted by Gasteiger charge is 2.13. The smallest absolute Gasteiger partial charge is 0.337 e. The highest BCUT2D eigenvalue weighted by molar-refractivity contribution is 7.98. The second kappa shape index (κ2) is 5.91. The highest BCUT2D eigenvalue weighted by Crippen LogP contribution is 2.25. The van der Waals surface area contributed by atoms with Gasteiger partial charge in [-0.15, -0.1) is 10.2 Å². The Labute approximate surface area is 120 Å². The number of nitrogens with two attached hydrogens (primary N) is 1. The van der Waals surface area contributed by atoms with Crippen molar-refractivity contribution in [1.82, 2.24) is 19.7 Å². The first-order chi connectivity index (χ1) is 9.49. The first-order valence-corrected chi connectivity index (χ1v) is 6.99. The lowest BCUT2D eigenvalue weighted by Gasteiger charge is -2.10. The van der Waals surface area contributed by atoms with Gasteiger partial charge in [-0.25, -0.2) is 4.79 Å². The first-order valence-electron chi connectivity index (χ1n) is 6.00. The summed E-state index contributed by atoms with van der Waals surface area (Å²) in [5.74, 6) is -0.0224. The number of nitrogens with zero attached hydrogens (tertiary/aromatic N) is 4. The number of carboxylic acids is 1. The van der Waals surface area contributed by atoms with Gasteiger partial charge in [-0.2, -0.15) is 0 Å². The lowest BCUT2D eigenvalue weighted by atomic mass is 10.2. The van der Waals surface area contributed by atoms with E-state index in [1.54, 1.807) is 6.07 Å². The molecule has 0 aliphatic carbocycles. The summed E-state index contributed by atoms with van der Waals surface area (Å²) in [5.41, 5.74) is 6.71. The van der Waals surface area contributed by atoms with E-state index in [-0.39, 0.29) is 11.6 Å². The fourth-order valence-electron chi connectivity index (χ4n) is 1.65. The van der Waals surface area contributed by atoms with Crippen LogP contribution in [-0.4, -0.2) is 30.8 Å². The van der Waals surface area contributed by atoms with Crippen LogP contribution in [0.25, 0.3) is 0 Å². The maximum absolute atomic E-state index is 10.7. The number of pyridine rings is 1. The van der Waals surface area contributed by atoms with Gasteiger partial charge in [-0.3, -0.25) is 9.55 Å². The number of hydrogen-bond acceptors (Lipinski definition) is 6. The third-order valence-electron chi connectivity index (χ3n) is 2.63. The van der Waals surface area contributed by atoms with E-state index in [1.165, 1.54) is 24.0 Å². The van der Waals surface area contributed by atoms with E-state index >= 15 is 0 Å². The van der Waals surface area contributed by atoms with E-state index in [0.29, 0.717) is 11.7 Å². The Morgan fingerprint density at radius 3 is 2.75 bits per heavy atom. The lowest BCUT2D eigenvalue weighted by molar-refractivity contribution is 0.0696. The molecular formula is C12H15N5O2S. The van der Waals surface area contributed by atoms with Gasteiger partial charge in [0.05, 0.1) is 11.3 Å². The summed E-state index contributed by atoms with van der Waals surface area (Å²) in [6, 6.07) is 3.40. The number of aromatic carboxylic acids is 1. The number of anilines is 1. The number of thioether (sulfide) groups is 1. The van der Waals surface area contributed by atoms with Gasteiger partial charge in [0.1, 0.15) is 0 Å². The van der Waals surface area contributed by atoms with E-state index in [0.717, 1.165) is 10.9 Å². The Bertz CT molecular complexity index is 609. The quantitative estimate of drug-likeness (QED) is 0.810. The van der Waals surface area contributed by atoms with Crippen molar-refractivity contribution in [2.24, 2.45) is 0 Å². The standard InChI is InChI=1S/C12H15N5O2S/c1-7(2)17-11(13)15-16-12(17)20-6-9-4-3-8(5-14-9)10(18)19/h3-5,7H,6H2,1-2H3,(H2,13,15)(H,18,19). The predicted octanol–water partition coefficient (Wildman–Crippen LogP) is 1.83. The van der Waals surface area contributed by atoms with Crippen molar-refractivity contribution in [3.8, 4) is 0 Å². The normalized spacial score (nSPS) is 10.9. The zero-order chi connectivity index (χ0) is 14.7. The second-order valence-corrected chi connectivity index (χ2v) is 5.38. The van der Waals surface area contributed by atoms with Crippen LogP contribution in [0, 0.1) is 0 Å². The van der Waals surface area contributed by atoms with Gasteiger partial charge in [-0.05, 0) is 26.0 Å². The largest absolute Gasteiger partial charge is 0.478 e. The fraction of sp³-hybridized carbons (Fsp3) is 0.333. The molecule has 0 saturated carbocycles. The molecule has 3 N–H and O–H groups in total. The number of carbonyl (C=O) groups is 1. The van der Waals surface area contributed by atoms with Crippen molar-refractivity contribution in [3.63, 3.8) is 0 Å². The minimum Gasteiger partial charge on any atom is -0.478 e. The predicted molar refractivity (Wildman–Crippen MR) is 75.6 cm³/mol. The maximum atomic E-state index is 10.7. The second-order valence-electron chi connectivity index (χ2n) is 4.44. The monoisotopic (exact) mass is 293 g/mol. The molecule has 2 heterocycles. The van der Waals surface area contributed by atoms with Crippen molar-refractivity contribution < 1.29 is 9.90 Å². The molecule has 106 valence electrons. The van der Waals surface area contributed by atoms with E-state index < -0.39 is 5.97 Å². The third-order valence-corrected chi connectivity index (χ3v) is 3.60. The fourth-order valence-corrected chi connectivity index (χ4v) is 2.64. The summed E-state index contributed by atoms with van der Waals surface area (Å²) in [6.07, 6.45) is 1.35. The third kappa shape index (κ3) is 3.08. The molecule has 0 aliphatic heterocycles. The molecule has 0 unspecified atom stereocenters. The number of carboxylic acid groups (broad SMARTS) is 1. The van der Waals surface area contributed by atoms with Gasteiger partial charge in [-0.1, -0.05) is 11.8 Å². The molecule has 0 bridgehead atoms. The van der Waals surface area contributed by atoms with Gasteiger partial charge >= 0.3 is 5.97 Å². The zero-order valence-corrected chi connectivity index (χ0v) is 12.0. The molecule has 0 atom stereocenters. The van der Waals surface area contributed by atoms with Crippen molar-refractivity contribution in [2.45, 2.75) is 30.8 Å². The topological polar surface area (TPSA) is 107 Å². The first kappa shape index (κ1) is 14.3. The van der Waals surface area contributed by atoms with E-state index in [2.05, 4.69) is 15.2 Å². The molecule has 0 fully saturated rings. The number of aromatic nitrogens is 4. The molecule has 20 heavy (non-hydrogen) atoms. The van der Waals surface area contributed by atoms with Gasteiger partial charge in [0.25, 0.3) is 0 Å². The molecule has 2 rings (SSSR count). The van der Waals surface area contributed by atoms with Crippen LogP contribution in [0.5, 0.6) is 0 Å². The lowest BCUT2D eigenvalue weighted by Crippen LogP contribution is -2.07. The van der Waals surface area contributed by atoms with Gasteiger partial charge < -0.3 is 10.8 Å². The van der Waals surface area contributed by atoms with Crippen LogP contribution in [0.3, 0.4) is 0 Å². The molecular weight excluding hydrogens is 278 g/mol. The number of hydrogen-bond donors (Lipinski definition) is 2. The summed E-state index contributed by atoms with van der Waals surface area (Å²) in [4.78, 5) is 14.8. The van der Waals surface area contributed by atoms with Crippen LogP contribution >= 0.6 is 11.8 Å². The van der Waals surface area contributed by atoms with E-state index in [4.69, 9.17) is 10.8 Å². The Kier molecular flexibility index (Phi) is 4.23. The van der Waals surface area contributed by atoms with E-state index in [1.807, 2.05) is 18.4 Å². The highest BCUT2D eigenvalue weighted by atomic mass is 32.2. The minimum absolute atomic E-state index is 0.174. The number of rotatable bonds is 5. The average molecular weight is 293 g/mol. The van der Waals surface area contributed by atoms with Gasteiger partial charge in [0.2, 0.25) is 5.95 Å². The molecule has 0 radical (unpaired) electrons. The van der Waals surface area contributed by atoms with Crippen LogP contribution in [-0.2, 0) is 5.75 Å². The SMILES string of the molecule is CC(C)n1c(N)nnc1SCc1ccc(C(=O)O)cn1. The molecule has 7 nitrogen and oxygen atoms in total. The summed E-state index contributed by atoms with van der Waals surface area (Å²) >= 11 is 1.46. The Morgan fingerprint density at radius 2 is 2.20 bits per heavy atom. The maximum Gasteiger partial charge on any atom is 0.337 e. The summed E-state index contributed by atoms with van der Waals surface area (Å²) < 4.78 is 1.84. The van der Waals surface area contributed by atoms with Crippen molar-refractivity contribution in [3.05, 3.63) is 29.6 Å². The molecule has 0 amide bonds. The molecule has 2 aromatic heterocycles. The Morgan fingerprint density at radius 1 is 1.45 bits per heavy atom. The summed E-state index contributed by atoms with van der Waals surface area (Å²) in [5, 5.41) is 17.4. The number of nitrogen functional groups attached to an aromatic ring is 1. The van der Waals surface area contributed by atoms with Crippen LogP contribution < -0.4 is 5.73 Å². The van der Waals surface area contributed by atoms with E-state index in [9.17, 15) is 4.79 Å². The average Bonchev–Trinajstić information content (AvgIpc) is 2.78. The van der Waals surface area contributed by atoms with Crippen molar-refractivity contribution >= 4 is 23.7 Å². The van der Waals surface area contributed by atoms with Gasteiger partial charge in [0.15, 0.2) is 5.16 Å². The Balaban J connectivity index is 2.07. The van der Waals surface area contributed by atoms with Crippen molar-refractivity contribution in [2.75, 3.05) is 5.73 Å². The summed E-state index contributed by atoms with van der Waals surface area (Å²) in [6.45, 7) is 4.01.